The summed E-state index contributed by atoms with van der Waals surface area (Å²) in [6.07, 6.45) is 0. The van der Waals surface area contributed by atoms with Gasteiger partial charge in [-0.3, -0.25) is 9.11 Å². The molecule has 73 heavy (non-hydrogen) atoms. The molecule has 0 aliphatic heterocycles. The molecular weight excluding hydrogens is 1070 g/mol. The standard InChI is InChI=1S/C43H48Cl2N14O10S4/c1-7-57(8-2)29-19-25(27(21-31(29)68-5)53-55-42-48-37-33(70-42)15-23(44)17-35(37)72(62,63)64)46-39-50-40(52-41(51-39)59(11-13-60)12-14-61)47-26-20-30(58(9-3)10-4)32(69-6)22-28(26)54-56-43-49-38-34(71-43)16-24(45)18-36(38)73(65,66)67/h15-22,60-61H,7-14H2,1-6H3,(H,62,63,64)(H,65,66,67)(H2,46,47,50,51,52)/b55-53+,56-54+. The second-order valence-electron chi connectivity index (χ2n) is 15.2. The van der Waals surface area contributed by atoms with Gasteiger partial charge in [0.2, 0.25) is 28.1 Å². The Morgan fingerprint density at radius 1 is 0.575 bits per heavy atom. The first-order chi connectivity index (χ1) is 34.8. The van der Waals surface area contributed by atoms with Crippen LogP contribution in [-0.2, 0) is 20.2 Å². The van der Waals surface area contributed by atoms with E-state index < -0.39 is 30.0 Å². The van der Waals surface area contributed by atoms with Gasteiger partial charge in [0.1, 0.15) is 43.7 Å². The Labute approximate surface area is 436 Å². The Bertz CT molecular complexity index is 3230. The molecule has 0 saturated carbocycles. The average Bonchev–Trinajstić information content (AvgIpc) is 3.96. The summed E-state index contributed by atoms with van der Waals surface area (Å²) in [6, 6.07) is 11.9. The van der Waals surface area contributed by atoms with E-state index in [-0.39, 0.29) is 86.9 Å². The van der Waals surface area contributed by atoms with Crippen LogP contribution in [0.2, 0.25) is 10.0 Å². The molecule has 7 rings (SSSR count). The van der Waals surface area contributed by atoms with E-state index in [9.17, 15) is 36.2 Å². The van der Waals surface area contributed by atoms with Crippen molar-refractivity contribution in [2.45, 2.75) is 37.5 Å². The van der Waals surface area contributed by atoms with Crippen molar-refractivity contribution in [3.63, 3.8) is 0 Å². The molecule has 0 atom stereocenters. The van der Waals surface area contributed by atoms with Crippen LogP contribution in [0.15, 0.2) is 78.8 Å². The minimum atomic E-state index is -4.70. The number of aliphatic hydroxyl groups is 2. The van der Waals surface area contributed by atoms with Crippen LogP contribution >= 0.6 is 45.9 Å². The van der Waals surface area contributed by atoms with E-state index >= 15 is 0 Å². The summed E-state index contributed by atoms with van der Waals surface area (Å²) in [6.45, 7) is 9.67. The maximum Gasteiger partial charge on any atom is 0.296 e. The van der Waals surface area contributed by atoms with E-state index in [1.165, 1.54) is 26.4 Å². The Morgan fingerprint density at radius 2 is 0.973 bits per heavy atom. The molecule has 0 fully saturated rings. The lowest BCUT2D eigenvalue weighted by Crippen LogP contribution is -2.31. The van der Waals surface area contributed by atoms with E-state index in [2.05, 4.69) is 41.1 Å². The number of benzene rings is 4. The lowest BCUT2D eigenvalue weighted by molar-refractivity contribution is 0.280. The van der Waals surface area contributed by atoms with Crippen molar-refractivity contribution in [3.05, 3.63) is 58.6 Å². The van der Waals surface area contributed by atoms with Crippen LogP contribution in [-0.4, -0.2) is 128 Å². The van der Waals surface area contributed by atoms with Crippen LogP contribution in [0.3, 0.4) is 0 Å². The number of ether oxygens (including phenoxy) is 2. The zero-order valence-corrected chi connectivity index (χ0v) is 44.5. The van der Waals surface area contributed by atoms with Crippen molar-refractivity contribution in [2.24, 2.45) is 20.5 Å². The van der Waals surface area contributed by atoms with Crippen LogP contribution in [0.25, 0.3) is 20.4 Å². The first-order valence-corrected chi connectivity index (χ1v) is 27.3. The van der Waals surface area contributed by atoms with Gasteiger partial charge in [-0.1, -0.05) is 45.9 Å². The first-order valence-electron chi connectivity index (χ1n) is 22.0. The van der Waals surface area contributed by atoms with Crippen LogP contribution in [0.5, 0.6) is 11.5 Å². The number of anilines is 7. The average molecular weight is 1120 g/mol. The molecule has 3 aromatic heterocycles. The van der Waals surface area contributed by atoms with E-state index in [0.29, 0.717) is 69.8 Å². The predicted octanol–water partition coefficient (Wildman–Crippen LogP) is 9.71. The first kappa shape index (κ1) is 54.6. The van der Waals surface area contributed by atoms with Crippen molar-refractivity contribution in [1.82, 2.24) is 24.9 Å². The van der Waals surface area contributed by atoms with Gasteiger partial charge in [-0.2, -0.15) is 31.8 Å². The number of aromatic nitrogens is 5. The molecule has 388 valence electrons. The van der Waals surface area contributed by atoms with Gasteiger partial charge in [0.15, 0.2) is 0 Å². The lowest BCUT2D eigenvalue weighted by Gasteiger charge is -2.25. The number of fused-ring (bicyclic) bond motifs is 2. The molecule has 0 unspecified atom stereocenters. The molecule has 0 bridgehead atoms. The maximum atomic E-state index is 12.2. The number of azo groups is 2. The summed E-state index contributed by atoms with van der Waals surface area (Å²) in [5.74, 6) is 0.812. The lowest BCUT2D eigenvalue weighted by atomic mass is 10.2. The highest BCUT2D eigenvalue weighted by molar-refractivity contribution is 7.86. The fourth-order valence-corrected chi connectivity index (χ4v) is 11.3. The van der Waals surface area contributed by atoms with Crippen LogP contribution in [0, 0.1) is 0 Å². The fourth-order valence-electron chi connectivity index (χ4n) is 7.43. The summed E-state index contributed by atoms with van der Waals surface area (Å²) in [4.78, 5) is 27.5. The molecule has 0 aliphatic carbocycles. The highest BCUT2D eigenvalue weighted by atomic mass is 35.5. The van der Waals surface area contributed by atoms with Crippen LogP contribution in [0.4, 0.5) is 62.2 Å². The van der Waals surface area contributed by atoms with Gasteiger partial charge >= 0.3 is 0 Å². The molecule has 0 spiro atoms. The molecule has 4 aromatic carbocycles. The SMILES string of the molecule is CCN(CC)c1cc(Nc2nc(Nc3cc(N(CC)CC)c(OC)cc3/N=N/c3nc4c(S(=O)(=O)O)cc(Cl)cc4s3)nc(N(CCO)CCO)n2)c(/N=N/c2nc3c(S(=O)(=O)O)cc(Cl)cc3s2)cc1OC. The molecule has 6 N–H and O–H groups in total. The van der Waals surface area contributed by atoms with E-state index in [1.54, 1.807) is 29.2 Å². The van der Waals surface area contributed by atoms with Gasteiger partial charge in [0.25, 0.3) is 20.2 Å². The van der Waals surface area contributed by atoms with Gasteiger partial charge in [-0.15, -0.1) is 20.5 Å². The number of thiazole rings is 2. The van der Waals surface area contributed by atoms with Crippen molar-refractivity contribution < 1.29 is 45.6 Å². The Hall–Kier alpha value is -6.21. The number of methoxy groups -OCH3 is 2. The number of nitrogens with zero attached hydrogens (tertiary/aromatic N) is 12. The number of nitrogens with one attached hydrogen (secondary N) is 2. The number of halogens is 2. The van der Waals surface area contributed by atoms with Gasteiger partial charge in [-0.25, -0.2) is 9.97 Å². The monoisotopic (exact) mass is 1120 g/mol. The number of rotatable bonds is 23. The maximum absolute atomic E-state index is 12.2. The largest absolute Gasteiger partial charge is 0.494 e. The second-order valence-corrected chi connectivity index (χ2v) is 20.9. The third-order valence-electron chi connectivity index (χ3n) is 10.8. The molecule has 3 heterocycles. The zero-order valence-electron chi connectivity index (χ0n) is 39.8. The molecule has 7 aromatic rings. The Balaban J connectivity index is 1.38. The molecule has 24 nitrogen and oxygen atoms in total. The van der Waals surface area contributed by atoms with Crippen molar-refractivity contribution >= 4 is 149 Å². The van der Waals surface area contributed by atoms with E-state index in [1.807, 2.05) is 37.5 Å². The minimum absolute atomic E-state index is 0.0189. The van der Waals surface area contributed by atoms with Crippen LogP contribution < -0.4 is 34.8 Å². The Morgan fingerprint density at radius 3 is 1.32 bits per heavy atom. The van der Waals surface area contributed by atoms with Gasteiger partial charge < -0.3 is 45.0 Å². The predicted molar refractivity (Wildman–Crippen MR) is 283 cm³/mol. The minimum Gasteiger partial charge on any atom is -0.494 e. The fraction of sp³-hybridized carbons (Fsp3) is 0.326. The molecule has 0 amide bonds. The summed E-state index contributed by atoms with van der Waals surface area (Å²) < 4.78 is 81.0. The van der Waals surface area contributed by atoms with Gasteiger partial charge in [0, 0.05) is 61.4 Å². The molecule has 30 heteroatoms. The van der Waals surface area contributed by atoms with Crippen molar-refractivity contribution in [3.8, 4) is 11.5 Å². The highest BCUT2D eigenvalue weighted by Crippen LogP contribution is 2.44. The molecular formula is C43H48Cl2N14O10S4. The molecule has 0 radical (unpaired) electrons. The number of hydrogen-bond acceptors (Lipinski definition) is 24. The summed E-state index contributed by atoms with van der Waals surface area (Å²) >= 11 is 14.3. The summed E-state index contributed by atoms with van der Waals surface area (Å²) in [7, 11) is -6.39. The highest BCUT2D eigenvalue weighted by Gasteiger charge is 2.24. The van der Waals surface area contributed by atoms with E-state index in [4.69, 9.17) is 47.6 Å². The van der Waals surface area contributed by atoms with Crippen molar-refractivity contribution in [2.75, 3.05) is 92.0 Å². The third-order valence-corrected chi connectivity index (χ3v) is 14.8. The number of hydrogen-bond donors (Lipinski definition) is 6. The topological polar surface area (TPSA) is 315 Å². The number of aliphatic hydroxyl groups excluding tert-OH is 2. The molecule has 0 aliphatic rings. The van der Waals surface area contributed by atoms with E-state index in [0.717, 1.165) is 34.8 Å². The molecule has 0 saturated heterocycles. The quantitative estimate of drug-likeness (QED) is 0.0256. The third kappa shape index (κ3) is 12.6. The van der Waals surface area contributed by atoms with Crippen molar-refractivity contribution in [1.29, 1.82) is 0 Å². The normalized spacial score (nSPS) is 12.1. The van der Waals surface area contributed by atoms with Gasteiger partial charge in [-0.05, 0) is 64.1 Å². The van der Waals surface area contributed by atoms with Crippen LogP contribution in [0.1, 0.15) is 27.7 Å². The summed E-state index contributed by atoms with van der Waals surface area (Å²) in [5, 5.41) is 44.6. The second kappa shape index (κ2) is 23.3. The smallest absolute Gasteiger partial charge is 0.296 e. The van der Waals surface area contributed by atoms with Gasteiger partial charge in [0.05, 0.1) is 59.6 Å². The Kier molecular flexibility index (Phi) is 17.4. The zero-order chi connectivity index (χ0) is 52.8. The summed E-state index contributed by atoms with van der Waals surface area (Å²) in [5.41, 5.74) is 2.25.